The van der Waals surface area contributed by atoms with Crippen molar-refractivity contribution in [2.24, 2.45) is 0 Å². The zero-order valence-corrected chi connectivity index (χ0v) is 9.05. The Morgan fingerprint density at radius 1 is 1.62 bits per heavy atom. The van der Waals surface area contributed by atoms with Crippen molar-refractivity contribution in [1.82, 2.24) is 4.57 Å². The van der Waals surface area contributed by atoms with Crippen molar-refractivity contribution in [3.05, 3.63) is 24.0 Å². The van der Waals surface area contributed by atoms with Crippen molar-refractivity contribution in [3.63, 3.8) is 0 Å². The molecule has 0 radical (unpaired) electrons. The molecule has 0 saturated heterocycles. The van der Waals surface area contributed by atoms with E-state index in [1.165, 1.54) is 0 Å². The summed E-state index contributed by atoms with van der Waals surface area (Å²) >= 11 is 1.92. The summed E-state index contributed by atoms with van der Waals surface area (Å²) in [4.78, 5) is 0. The standard InChI is InChI=1S/C10H17NOS/c1-3-13-8-7-11-6-4-5-10(11)9(2)12/h4-6,9,12H,3,7-8H2,1-2H3. The van der Waals surface area contributed by atoms with E-state index >= 15 is 0 Å². The Balaban J connectivity index is 2.50. The van der Waals surface area contributed by atoms with Crippen molar-refractivity contribution < 1.29 is 5.11 Å². The van der Waals surface area contributed by atoms with Crippen LogP contribution in [0.25, 0.3) is 0 Å². The van der Waals surface area contributed by atoms with Crippen LogP contribution >= 0.6 is 11.8 Å². The van der Waals surface area contributed by atoms with Crippen LogP contribution in [0.15, 0.2) is 18.3 Å². The summed E-state index contributed by atoms with van der Waals surface area (Å²) in [6, 6.07) is 3.96. The van der Waals surface area contributed by atoms with Crippen molar-refractivity contribution in [2.45, 2.75) is 26.5 Å². The van der Waals surface area contributed by atoms with Crippen LogP contribution in [0, 0.1) is 0 Å². The molecule has 13 heavy (non-hydrogen) atoms. The molecule has 1 N–H and O–H groups in total. The first-order valence-electron chi connectivity index (χ1n) is 4.66. The van der Waals surface area contributed by atoms with Gasteiger partial charge in [-0.25, -0.2) is 0 Å². The van der Waals surface area contributed by atoms with Gasteiger partial charge in [-0.1, -0.05) is 6.92 Å². The highest BCUT2D eigenvalue weighted by atomic mass is 32.2. The Bertz CT molecular complexity index is 245. The molecule has 1 atom stereocenters. The lowest BCUT2D eigenvalue weighted by Crippen LogP contribution is -2.06. The summed E-state index contributed by atoms with van der Waals surface area (Å²) < 4.78 is 2.12. The predicted molar refractivity (Wildman–Crippen MR) is 58.1 cm³/mol. The third kappa shape index (κ3) is 3.08. The Labute approximate surface area is 84.0 Å². The van der Waals surface area contributed by atoms with Crippen LogP contribution in [0.1, 0.15) is 25.6 Å². The summed E-state index contributed by atoms with van der Waals surface area (Å²) in [6.45, 7) is 4.96. The fraction of sp³-hybridized carbons (Fsp3) is 0.600. The van der Waals surface area contributed by atoms with E-state index in [-0.39, 0.29) is 6.10 Å². The van der Waals surface area contributed by atoms with Gasteiger partial charge in [-0.05, 0) is 24.8 Å². The molecule has 1 heterocycles. The van der Waals surface area contributed by atoms with Gasteiger partial charge in [-0.15, -0.1) is 0 Å². The minimum absolute atomic E-state index is 0.360. The maximum Gasteiger partial charge on any atom is 0.0911 e. The van der Waals surface area contributed by atoms with Crippen LogP contribution in [0.3, 0.4) is 0 Å². The Morgan fingerprint density at radius 2 is 2.38 bits per heavy atom. The summed E-state index contributed by atoms with van der Waals surface area (Å²) in [5.74, 6) is 2.27. The number of thioether (sulfide) groups is 1. The Morgan fingerprint density at radius 3 is 3.00 bits per heavy atom. The first-order chi connectivity index (χ1) is 6.25. The highest BCUT2D eigenvalue weighted by Gasteiger charge is 2.05. The number of rotatable bonds is 5. The van der Waals surface area contributed by atoms with Gasteiger partial charge < -0.3 is 9.67 Å². The van der Waals surface area contributed by atoms with Gasteiger partial charge in [0, 0.05) is 24.2 Å². The number of nitrogens with zero attached hydrogens (tertiary/aromatic N) is 1. The molecule has 1 unspecified atom stereocenters. The van der Waals surface area contributed by atoms with E-state index in [9.17, 15) is 5.11 Å². The average molecular weight is 199 g/mol. The van der Waals surface area contributed by atoms with Crippen molar-refractivity contribution >= 4 is 11.8 Å². The van der Waals surface area contributed by atoms with Crippen LogP contribution in [0.2, 0.25) is 0 Å². The van der Waals surface area contributed by atoms with Crippen LogP contribution < -0.4 is 0 Å². The molecule has 0 spiro atoms. The van der Waals surface area contributed by atoms with Gasteiger partial charge in [0.25, 0.3) is 0 Å². The molecule has 0 saturated carbocycles. The molecular formula is C10H17NOS. The number of aliphatic hydroxyl groups excluding tert-OH is 1. The smallest absolute Gasteiger partial charge is 0.0911 e. The van der Waals surface area contributed by atoms with Gasteiger partial charge in [0.05, 0.1) is 6.10 Å². The summed E-state index contributed by atoms with van der Waals surface area (Å²) in [5.41, 5.74) is 1.01. The van der Waals surface area contributed by atoms with Crippen molar-refractivity contribution in [1.29, 1.82) is 0 Å². The number of aliphatic hydroxyl groups is 1. The first kappa shape index (κ1) is 10.7. The summed E-state index contributed by atoms with van der Waals surface area (Å²) in [6.07, 6.45) is 1.67. The molecule has 1 aromatic rings. The second kappa shape index (κ2) is 5.35. The van der Waals surface area contributed by atoms with Crippen molar-refractivity contribution in [2.75, 3.05) is 11.5 Å². The molecule has 0 aliphatic rings. The summed E-state index contributed by atoms with van der Waals surface area (Å²) in [5, 5.41) is 9.42. The van der Waals surface area contributed by atoms with E-state index in [2.05, 4.69) is 11.5 Å². The number of aromatic nitrogens is 1. The molecule has 0 bridgehead atoms. The lowest BCUT2D eigenvalue weighted by Gasteiger charge is -2.10. The molecular weight excluding hydrogens is 182 g/mol. The largest absolute Gasteiger partial charge is 0.387 e. The SMILES string of the molecule is CCSCCn1cccc1C(C)O. The topological polar surface area (TPSA) is 25.2 Å². The maximum atomic E-state index is 9.42. The Kier molecular flexibility index (Phi) is 4.39. The molecule has 0 amide bonds. The van der Waals surface area contributed by atoms with E-state index in [4.69, 9.17) is 0 Å². The normalized spacial score (nSPS) is 13.2. The minimum atomic E-state index is -0.360. The van der Waals surface area contributed by atoms with E-state index in [1.807, 2.05) is 30.1 Å². The molecule has 0 fully saturated rings. The first-order valence-corrected chi connectivity index (χ1v) is 5.82. The fourth-order valence-corrected chi connectivity index (χ4v) is 1.93. The second-order valence-corrected chi connectivity index (χ2v) is 4.39. The molecule has 74 valence electrons. The van der Waals surface area contributed by atoms with E-state index in [0.717, 1.165) is 23.7 Å². The van der Waals surface area contributed by atoms with E-state index < -0.39 is 0 Å². The van der Waals surface area contributed by atoms with Crippen LogP contribution in [-0.2, 0) is 6.54 Å². The molecule has 0 aromatic carbocycles. The number of aryl methyl sites for hydroxylation is 1. The monoisotopic (exact) mass is 199 g/mol. The minimum Gasteiger partial charge on any atom is -0.387 e. The van der Waals surface area contributed by atoms with E-state index in [0.29, 0.717) is 0 Å². The van der Waals surface area contributed by atoms with E-state index in [1.54, 1.807) is 6.92 Å². The van der Waals surface area contributed by atoms with Gasteiger partial charge in [-0.2, -0.15) is 11.8 Å². The second-order valence-electron chi connectivity index (χ2n) is 3.00. The average Bonchev–Trinajstić information content (AvgIpc) is 2.53. The molecule has 1 rings (SSSR count). The van der Waals surface area contributed by atoms with Crippen LogP contribution in [0.5, 0.6) is 0 Å². The van der Waals surface area contributed by atoms with Gasteiger partial charge in [0.2, 0.25) is 0 Å². The third-order valence-electron chi connectivity index (χ3n) is 1.97. The molecule has 2 nitrogen and oxygen atoms in total. The zero-order valence-electron chi connectivity index (χ0n) is 8.23. The van der Waals surface area contributed by atoms with Gasteiger partial charge in [-0.3, -0.25) is 0 Å². The fourth-order valence-electron chi connectivity index (χ4n) is 1.32. The lowest BCUT2D eigenvalue weighted by atomic mass is 10.3. The highest BCUT2D eigenvalue weighted by Crippen LogP contribution is 2.13. The maximum absolute atomic E-state index is 9.42. The van der Waals surface area contributed by atoms with Gasteiger partial charge in [0.15, 0.2) is 0 Å². The predicted octanol–water partition coefficient (Wildman–Crippen LogP) is 2.29. The highest BCUT2D eigenvalue weighted by molar-refractivity contribution is 7.99. The van der Waals surface area contributed by atoms with Crippen LogP contribution in [-0.4, -0.2) is 21.2 Å². The van der Waals surface area contributed by atoms with Crippen LogP contribution in [0.4, 0.5) is 0 Å². The third-order valence-corrected chi connectivity index (χ3v) is 2.85. The quantitative estimate of drug-likeness (QED) is 0.736. The molecule has 1 aromatic heterocycles. The molecule has 0 aliphatic carbocycles. The molecule has 0 aliphatic heterocycles. The van der Waals surface area contributed by atoms with Gasteiger partial charge in [0.1, 0.15) is 0 Å². The zero-order chi connectivity index (χ0) is 9.68. The van der Waals surface area contributed by atoms with Crippen molar-refractivity contribution in [3.8, 4) is 0 Å². The molecule has 3 heteroatoms. The number of hydrogen-bond acceptors (Lipinski definition) is 2. The van der Waals surface area contributed by atoms with Gasteiger partial charge >= 0.3 is 0 Å². The summed E-state index contributed by atoms with van der Waals surface area (Å²) in [7, 11) is 0. The number of hydrogen-bond donors (Lipinski definition) is 1. The Hall–Kier alpha value is -0.410. The lowest BCUT2D eigenvalue weighted by molar-refractivity contribution is 0.189.